The Morgan fingerprint density at radius 1 is 0.111 bits per heavy atom. The van der Waals surface area contributed by atoms with Crippen molar-refractivity contribution < 1.29 is 0 Å². The van der Waals surface area contributed by atoms with Gasteiger partial charge in [0, 0.05) is 122 Å². The van der Waals surface area contributed by atoms with Gasteiger partial charge in [-0.3, -0.25) is 0 Å². The highest BCUT2D eigenvalue weighted by atomic mass is 32.1. The molecule has 2 aliphatic rings. The number of hydrogen-bond acceptors (Lipinski definition) is 8. The van der Waals surface area contributed by atoms with Crippen molar-refractivity contribution in [3.8, 4) is 0 Å². The molecule has 0 saturated carbocycles. The van der Waals surface area contributed by atoms with Crippen LogP contribution in [0.4, 0.5) is 0 Å². The van der Waals surface area contributed by atoms with E-state index in [1.807, 2.05) is 200 Å². The largest absolute Gasteiger partial charge is 0.134 e. The van der Waals surface area contributed by atoms with Crippen LogP contribution in [0.5, 0.6) is 0 Å². The number of benzene rings is 11. The topological polar surface area (TPSA) is 0 Å². The van der Waals surface area contributed by atoms with Crippen LogP contribution in [-0.4, -0.2) is 0 Å². The molecule has 0 atom stereocenters. The van der Waals surface area contributed by atoms with Crippen molar-refractivity contribution in [3.05, 3.63) is 381 Å². The second-order valence-electron chi connectivity index (χ2n) is 21.9. The third-order valence-corrected chi connectivity index (χ3v) is 26.6. The lowest BCUT2D eigenvalue weighted by Crippen LogP contribution is -1.80. The Bertz CT molecular complexity index is 5550. The van der Waals surface area contributed by atoms with E-state index in [0.29, 0.717) is 0 Å². The minimum absolute atomic E-state index is 1.36. The molecule has 0 fully saturated rings. The SMILES string of the molecule is c1ccc2c3/c(sc2c1)=c1\sc2ccccc2\c1=c1/c(sc2ccccc12)=c1\sc2ccccc2\c1=3.c1ccc2c3/c(sc2c1)=c1\sc2ccccc2\c1=c1/c(sc2ccccc12)=c1\sc2ccccc2\c1=3.c1ccccc1.c1ccccc1.c1ccccc1. The molecule has 426 valence electrons. The fourth-order valence-electron chi connectivity index (χ4n) is 12.8. The van der Waals surface area contributed by atoms with E-state index in [1.54, 1.807) is 0 Å². The van der Waals surface area contributed by atoms with Crippen LogP contribution in [0.25, 0.3) is 80.7 Å². The zero-order valence-corrected chi connectivity index (χ0v) is 54.7. The summed E-state index contributed by atoms with van der Waals surface area (Å²) in [6, 6.07) is 108. The zero-order chi connectivity index (χ0) is 59.5. The molecule has 0 amide bonds. The van der Waals surface area contributed by atoms with E-state index in [2.05, 4.69) is 194 Å². The molecule has 19 aromatic rings. The van der Waals surface area contributed by atoms with Gasteiger partial charge in [0.1, 0.15) is 0 Å². The van der Waals surface area contributed by atoms with E-state index in [1.165, 1.54) is 159 Å². The fraction of sp³-hybridized carbons (Fsp3) is 0. The second-order valence-corrected chi connectivity index (χ2v) is 30.3. The summed E-state index contributed by atoms with van der Waals surface area (Å²) >= 11 is 15.7. The summed E-state index contributed by atoms with van der Waals surface area (Å²) < 4.78 is 22.2. The van der Waals surface area contributed by atoms with Crippen LogP contribution in [0.15, 0.2) is 303 Å². The predicted molar refractivity (Wildman–Crippen MR) is 395 cm³/mol. The predicted octanol–water partition coefficient (Wildman–Crippen LogP) is 25.1. The lowest BCUT2D eigenvalue weighted by Gasteiger charge is -1.93. The van der Waals surface area contributed by atoms with Crippen LogP contribution in [0, 0.1) is 78.0 Å². The van der Waals surface area contributed by atoms with E-state index in [4.69, 9.17) is 0 Å². The maximum absolute atomic E-state index is 2.32. The highest BCUT2D eigenvalue weighted by Crippen LogP contribution is 2.41. The van der Waals surface area contributed by atoms with Crippen LogP contribution in [0.3, 0.4) is 0 Å². The summed E-state index contributed by atoms with van der Waals surface area (Å²) in [6.45, 7) is 0. The van der Waals surface area contributed by atoms with E-state index in [0.717, 1.165) is 0 Å². The molecular formula is C82H50S8. The van der Waals surface area contributed by atoms with Crippen molar-refractivity contribution in [3.63, 3.8) is 0 Å². The van der Waals surface area contributed by atoms with Crippen LogP contribution < -0.4 is 0 Å². The highest BCUT2D eigenvalue weighted by Gasteiger charge is 2.18. The van der Waals surface area contributed by atoms with Gasteiger partial charge in [0.05, 0.1) is 36.3 Å². The molecule has 0 saturated heterocycles. The normalized spacial score (nSPS) is 14.8. The Kier molecular flexibility index (Phi) is 14.6. The number of rotatable bonds is 0. The van der Waals surface area contributed by atoms with Crippen LogP contribution in [-0.2, 0) is 0 Å². The maximum Gasteiger partial charge on any atom is 0.0541 e. The lowest BCUT2D eigenvalue weighted by atomic mass is 10.1. The average molecular weight is 1290 g/mol. The Labute approximate surface area is 547 Å². The molecule has 90 heavy (non-hydrogen) atoms. The van der Waals surface area contributed by atoms with Gasteiger partial charge >= 0.3 is 0 Å². The third-order valence-electron chi connectivity index (χ3n) is 16.6. The highest BCUT2D eigenvalue weighted by molar-refractivity contribution is 7.23. The first-order valence-electron chi connectivity index (χ1n) is 29.9. The van der Waals surface area contributed by atoms with Crippen molar-refractivity contribution in [2.24, 2.45) is 0 Å². The summed E-state index contributed by atoms with van der Waals surface area (Å²) in [7, 11) is 0. The average Bonchev–Trinajstić information content (AvgIpc) is 1.56. The molecule has 0 unspecified atom stereocenters. The summed E-state index contributed by atoms with van der Waals surface area (Å²) in [5.74, 6) is 0. The van der Waals surface area contributed by atoms with E-state index < -0.39 is 0 Å². The molecule has 21 rings (SSSR count). The van der Waals surface area contributed by atoms with Crippen molar-refractivity contribution in [2.45, 2.75) is 0 Å². The van der Waals surface area contributed by atoms with Gasteiger partial charge in [0.2, 0.25) is 0 Å². The molecule has 0 spiro atoms. The van der Waals surface area contributed by atoms with Crippen LogP contribution in [0.1, 0.15) is 0 Å². The molecule has 11 aromatic carbocycles. The summed E-state index contributed by atoms with van der Waals surface area (Å²) in [5, 5.41) is 22.3. The van der Waals surface area contributed by atoms with E-state index in [9.17, 15) is 0 Å². The van der Waals surface area contributed by atoms with Crippen LogP contribution >= 0.6 is 90.7 Å². The van der Waals surface area contributed by atoms with Gasteiger partial charge in [-0.2, -0.15) is 0 Å². The van der Waals surface area contributed by atoms with Gasteiger partial charge in [0.25, 0.3) is 0 Å². The van der Waals surface area contributed by atoms with Gasteiger partial charge in [-0.25, -0.2) is 0 Å². The maximum atomic E-state index is 2.32. The Hall–Kier alpha value is -8.90. The molecule has 8 heterocycles. The molecule has 8 heteroatoms. The molecule has 0 N–H and O–H groups in total. The first-order chi connectivity index (χ1) is 44.7. The van der Waals surface area contributed by atoms with Gasteiger partial charge in [-0.05, 0) is 48.5 Å². The third kappa shape index (κ3) is 9.52. The zero-order valence-electron chi connectivity index (χ0n) is 48.1. The minimum Gasteiger partial charge on any atom is -0.134 e. The minimum atomic E-state index is 1.36. The van der Waals surface area contributed by atoms with Gasteiger partial charge in [-0.15, -0.1) is 90.7 Å². The summed E-state index contributed by atoms with van der Waals surface area (Å²) in [6.07, 6.45) is 0. The first kappa shape index (κ1) is 55.2. The van der Waals surface area contributed by atoms with Crippen LogP contribution in [0.2, 0.25) is 0 Å². The molecule has 0 aliphatic heterocycles. The number of fused-ring (bicyclic) bond motifs is 24. The summed E-state index contributed by atoms with van der Waals surface area (Å²) in [4.78, 5) is 0. The van der Waals surface area contributed by atoms with Crippen molar-refractivity contribution in [1.82, 2.24) is 0 Å². The smallest absolute Gasteiger partial charge is 0.0541 e. The fourth-order valence-corrected chi connectivity index (χ4v) is 23.0. The molecule has 8 aromatic heterocycles. The molecule has 0 nitrogen and oxygen atoms in total. The number of thiophene rings is 8. The van der Waals surface area contributed by atoms with Gasteiger partial charge < -0.3 is 0 Å². The Morgan fingerprint density at radius 3 is 0.322 bits per heavy atom. The summed E-state index contributed by atoms with van der Waals surface area (Å²) in [5.41, 5.74) is 0. The van der Waals surface area contributed by atoms with Crippen molar-refractivity contribution in [2.75, 3.05) is 0 Å². The lowest BCUT2D eigenvalue weighted by molar-refractivity contribution is 1.50. The number of hydrogen-bond donors (Lipinski definition) is 0. The van der Waals surface area contributed by atoms with Crippen molar-refractivity contribution in [1.29, 1.82) is 0 Å². The van der Waals surface area contributed by atoms with E-state index >= 15 is 0 Å². The molecular weight excluding hydrogens is 1240 g/mol. The van der Waals surface area contributed by atoms with Gasteiger partial charge in [-0.1, -0.05) is 255 Å². The van der Waals surface area contributed by atoms with Gasteiger partial charge in [0.15, 0.2) is 0 Å². The molecule has 2 aliphatic carbocycles. The Morgan fingerprint density at radius 2 is 0.211 bits per heavy atom. The van der Waals surface area contributed by atoms with E-state index in [-0.39, 0.29) is 0 Å². The molecule has 0 radical (unpaired) electrons. The standard InChI is InChI=1S/2C32H16S4.3C6H6/c2*1-5-13-21-17(9-1)25-26-18-10-2-6-14-22(18)34-30(26)32-28(20-12-4-8-16-24(20)36-32)27-19-11-3-7-15-23(19)35-31(27)29(25)33-21;3*1-2-4-6-5-3-1/h2*1-16H;3*1-6H/b2*26-25+,28-27+,31-29+,32-30+;;;. The molecule has 0 bridgehead atoms. The first-order valence-corrected chi connectivity index (χ1v) is 36.4. The van der Waals surface area contributed by atoms with Crippen molar-refractivity contribution >= 4 is 171 Å². The second kappa shape index (κ2) is 23.8. The Balaban J connectivity index is 0.000000109. The quantitative estimate of drug-likeness (QED) is 0.142. The monoisotopic (exact) mass is 1290 g/mol.